The molecule has 5 nitrogen and oxygen atoms in total. The Labute approximate surface area is 165 Å². The fourth-order valence-corrected chi connectivity index (χ4v) is 5.39. The van der Waals surface area contributed by atoms with Crippen LogP contribution in [0.4, 0.5) is 5.00 Å². The number of hydrogen-bond donors (Lipinski definition) is 1. The van der Waals surface area contributed by atoms with Crippen molar-refractivity contribution in [2.75, 3.05) is 25.0 Å². The Morgan fingerprint density at radius 3 is 2.77 bits per heavy atom. The first-order chi connectivity index (χ1) is 12.5. The van der Waals surface area contributed by atoms with Gasteiger partial charge >= 0.3 is 5.97 Å². The number of thiophene rings is 2. The minimum Gasteiger partial charge on any atom is -0.462 e. The third kappa shape index (κ3) is 4.28. The monoisotopic (exact) mass is 412 g/mol. The van der Waals surface area contributed by atoms with Gasteiger partial charge in [0.1, 0.15) is 5.00 Å². The first-order valence-corrected chi connectivity index (χ1v) is 10.6. The van der Waals surface area contributed by atoms with E-state index in [2.05, 4.69) is 17.1 Å². The van der Waals surface area contributed by atoms with Crippen molar-refractivity contribution in [1.82, 2.24) is 4.90 Å². The summed E-state index contributed by atoms with van der Waals surface area (Å²) in [6, 6.07) is 3.62. The predicted molar refractivity (Wildman–Crippen MR) is 107 cm³/mol. The first kappa shape index (κ1) is 19.4. The molecule has 0 unspecified atom stereocenters. The summed E-state index contributed by atoms with van der Waals surface area (Å²) in [5, 5.41) is 3.52. The van der Waals surface area contributed by atoms with Gasteiger partial charge in [0.15, 0.2) is 0 Å². The largest absolute Gasteiger partial charge is 0.462 e. The molecular weight excluding hydrogens is 392 g/mol. The minimum absolute atomic E-state index is 0.153. The van der Waals surface area contributed by atoms with E-state index in [1.165, 1.54) is 22.7 Å². The molecule has 2 aromatic rings. The van der Waals surface area contributed by atoms with Gasteiger partial charge in [-0.3, -0.25) is 9.69 Å². The van der Waals surface area contributed by atoms with E-state index in [0.29, 0.717) is 21.5 Å². The molecule has 0 aliphatic carbocycles. The van der Waals surface area contributed by atoms with Crippen LogP contribution in [0.5, 0.6) is 0 Å². The highest BCUT2D eigenvalue weighted by atomic mass is 35.5. The summed E-state index contributed by atoms with van der Waals surface area (Å²) in [6.07, 6.45) is 1.04. The zero-order valence-corrected chi connectivity index (χ0v) is 17.2. The molecule has 2 aromatic heterocycles. The number of fused-ring (bicyclic) bond motifs is 1. The van der Waals surface area contributed by atoms with Crippen molar-refractivity contribution in [3.05, 3.63) is 37.4 Å². The van der Waals surface area contributed by atoms with Gasteiger partial charge in [0.2, 0.25) is 5.91 Å². The molecule has 3 rings (SSSR count). The maximum absolute atomic E-state index is 12.5. The van der Waals surface area contributed by atoms with E-state index in [4.69, 9.17) is 16.3 Å². The molecule has 1 aliphatic rings. The van der Waals surface area contributed by atoms with Crippen molar-refractivity contribution in [2.45, 2.75) is 33.2 Å². The summed E-state index contributed by atoms with van der Waals surface area (Å²) in [5.41, 5.74) is 1.55. The molecule has 8 heteroatoms. The number of hydrogen-bond acceptors (Lipinski definition) is 6. The van der Waals surface area contributed by atoms with Crippen molar-refractivity contribution in [3.8, 4) is 0 Å². The molecule has 1 N–H and O–H groups in total. The number of anilines is 1. The molecule has 0 spiro atoms. The molecule has 26 heavy (non-hydrogen) atoms. The zero-order chi connectivity index (χ0) is 18.7. The summed E-state index contributed by atoms with van der Waals surface area (Å²) < 4.78 is 5.90. The van der Waals surface area contributed by atoms with Gasteiger partial charge in [-0.25, -0.2) is 4.79 Å². The molecule has 0 bridgehead atoms. The molecule has 0 aromatic carbocycles. The van der Waals surface area contributed by atoms with Crippen LogP contribution >= 0.6 is 34.3 Å². The van der Waals surface area contributed by atoms with Crippen LogP contribution in [-0.2, 0) is 28.9 Å². The third-order valence-electron chi connectivity index (χ3n) is 4.28. The Hall–Kier alpha value is -1.41. The quantitative estimate of drug-likeness (QED) is 0.722. The van der Waals surface area contributed by atoms with Crippen LogP contribution < -0.4 is 5.32 Å². The van der Waals surface area contributed by atoms with E-state index in [-0.39, 0.29) is 18.3 Å². The average Bonchev–Trinajstić information content (AvgIpc) is 3.16. The third-order valence-corrected chi connectivity index (χ3v) is 6.64. The maximum Gasteiger partial charge on any atom is 0.341 e. The number of rotatable bonds is 6. The minimum atomic E-state index is -0.357. The van der Waals surface area contributed by atoms with E-state index < -0.39 is 0 Å². The summed E-state index contributed by atoms with van der Waals surface area (Å²) >= 11 is 8.79. The van der Waals surface area contributed by atoms with E-state index in [1.807, 2.05) is 6.07 Å². The molecule has 140 valence electrons. The van der Waals surface area contributed by atoms with Gasteiger partial charge in [-0.2, -0.15) is 0 Å². The number of carbonyl (C=O) groups is 2. The fraction of sp³-hybridized carbons (Fsp3) is 0.444. The number of carbonyl (C=O) groups excluding carboxylic acids is 2. The fourth-order valence-electron chi connectivity index (χ4n) is 3.01. The van der Waals surface area contributed by atoms with Gasteiger partial charge < -0.3 is 10.1 Å². The lowest BCUT2D eigenvalue weighted by atomic mass is 10.0. The second-order valence-electron chi connectivity index (χ2n) is 5.98. The second kappa shape index (κ2) is 8.52. The molecule has 0 radical (unpaired) electrons. The van der Waals surface area contributed by atoms with Crippen LogP contribution in [0.15, 0.2) is 12.1 Å². The SMILES string of the molecule is CCOC(=O)c1c(NC(=O)Cc2ccc(Cl)s2)sc2c1CCN(CC)C2. The molecular formula is C18H21ClN2O3S2. The van der Waals surface area contributed by atoms with Crippen LogP contribution in [0, 0.1) is 0 Å². The van der Waals surface area contributed by atoms with E-state index in [0.717, 1.165) is 41.4 Å². The summed E-state index contributed by atoms with van der Waals surface area (Å²) in [7, 11) is 0. The maximum atomic E-state index is 12.5. The predicted octanol–water partition coefficient (Wildman–Crippen LogP) is 4.20. The number of ether oxygens (including phenoxy) is 1. The van der Waals surface area contributed by atoms with Crippen LogP contribution in [0.2, 0.25) is 4.34 Å². The van der Waals surface area contributed by atoms with Crippen LogP contribution in [0.3, 0.4) is 0 Å². The van der Waals surface area contributed by atoms with Crippen molar-refractivity contribution in [3.63, 3.8) is 0 Å². The van der Waals surface area contributed by atoms with Gasteiger partial charge in [-0.15, -0.1) is 22.7 Å². The smallest absolute Gasteiger partial charge is 0.341 e. The molecule has 1 aliphatic heterocycles. The van der Waals surface area contributed by atoms with Gasteiger partial charge in [-0.1, -0.05) is 18.5 Å². The lowest BCUT2D eigenvalue weighted by Gasteiger charge is -2.25. The van der Waals surface area contributed by atoms with Crippen LogP contribution in [0.1, 0.15) is 39.5 Å². The highest BCUT2D eigenvalue weighted by Gasteiger charge is 2.29. The number of likely N-dealkylation sites (N-methyl/N-ethyl adjacent to an activating group) is 1. The normalized spacial score (nSPS) is 14.1. The Morgan fingerprint density at radius 2 is 2.12 bits per heavy atom. The lowest BCUT2D eigenvalue weighted by molar-refractivity contribution is -0.115. The second-order valence-corrected chi connectivity index (χ2v) is 8.88. The highest BCUT2D eigenvalue weighted by molar-refractivity contribution is 7.17. The van der Waals surface area contributed by atoms with Crippen LogP contribution in [-0.4, -0.2) is 36.5 Å². The highest BCUT2D eigenvalue weighted by Crippen LogP contribution is 2.37. The van der Waals surface area contributed by atoms with E-state index in [1.54, 1.807) is 13.0 Å². The summed E-state index contributed by atoms with van der Waals surface area (Å²) in [4.78, 5) is 29.3. The number of halogens is 1. The topological polar surface area (TPSA) is 58.6 Å². The van der Waals surface area contributed by atoms with E-state index in [9.17, 15) is 9.59 Å². The van der Waals surface area contributed by atoms with Crippen LogP contribution in [0.25, 0.3) is 0 Å². The van der Waals surface area contributed by atoms with Crippen molar-refractivity contribution in [1.29, 1.82) is 0 Å². The first-order valence-electron chi connectivity index (χ1n) is 8.59. The average molecular weight is 413 g/mol. The molecule has 1 amide bonds. The molecule has 0 fully saturated rings. The number of nitrogens with zero attached hydrogens (tertiary/aromatic N) is 1. The number of amides is 1. The number of nitrogens with one attached hydrogen (secondary N) is 1. The Bertz CT molecular complexity index is 815. The number of esters is 1. The molecule has 3 heterocycles. The molecule has 0 saturated heterocycles. The Morgan fingerprint density at radius 1 is 1.31 bits per heavy atom. The van der Waals surface area contributed by atoms with Crippen molar-refractivity contribution < 1.29 is 14.3 Å². The zero-order valence-electron chi connectivity index (χ0n) is 14.8. The Kier molecular flexibility index (Phi) is 6.34. The van der Waals surface area contributed by atoms with Gasteiger partial charge in [-0.05, 0) is 37.6 Å². The van der Waals surface area contributed by atoms with Gasteiger partial charge in [0, 0.05) is 22.8 Å². The lowest BCUT2D eigenvalue weighted by Crippen LogP contribution is -2.30. The van der Waals surface area contributed by atoms with Gasteiger partial charge in [0.05, 0.1) is 22.9 Å². The van der Waals surface area contributed by atoms with E-state index >= 15 is 0 Å². The standard InChI is InChI=1S/C18H21ClN2O3S2/c1-3-21-8-7-12-13(10-21)26-17(16(12)18(23)24-4-2)20-15(22)9-11-5-6-14(19)25-11/h5-6H,3-4,7-10H2,1-2H3,(H,20,22). The van der Waals surface area contributed by atoms with Crippen molar-refractivity contribution >= 4 is 51.2 Å². The van der Waals surface area contributed by atoms with Crippen molar-refractivity contribution in [2.24, 2.45) is 0 Å². The summed E-state index contributed by atoms with van der Waals surface area (Å²) in [5.74, 6) is -0.510. The molecule has 0 saturated carbocycles. The Balaban J connectivity index is 1.84. The summed E-state index contributed by atoms with van der Waals surface area (Å²) in [6.45, 7) is 6.90. The van der Waals surface area contributed by atoms with Gasteiger partial charge in [0.25, 0.3) is 0 Å². The molecule has 0 atom stereocenters.